The van der Waals surface area contributed by atoms with Crippen molar-refractivity contribution >= 4 is 33.5 Å². The summed E-state index contributed by atoms with van der Waals surface area (Å²) in [6, 6.07) is 12.5. The van der Waals surface area contributed by atoms with Gasteiger partial charge in [0.25, 0.3) is 5.56 Å². The number of methoxy groups -OCH3 is 1. The number of halogens is 1. The number of pyridine rings is 1. The zero-order valence-electron chi connectivity index (χ0n) is 17.4. The summed E-state index contributed by atoms with van der Waals surface area (Å²) in [5.74, 6) is 1.36. The predicted octanol–water partition coefficient (Wildman–Crippen LogP) is 4.56. The summed E-state index contributed by atoms with van der Waals surface area (Å²) >= 11 is 6.37. The Morgan fingerprint density at radius 2 is 1.84 bits per heavy atom. The summed E-state index contributed by atoms with van der Waals surface area (Å²) < 4.78 is 8.67. The van der Waals surface area contributed by atoms with Crippen LogP contribution < -0.4 is 15.7 Å². The van der Waals surface area contributed by atoms with E-state index in [9.17, 15) is 9.59 Å². The molecule has 0 saturated heterocycles. The number of hydrogen-bond donors (Lipinski definition) is 0. The van der Waals surface area contributed by atoms with Crippen LogP contribution in [0.3, 0.4) is 0 Å². The molecule has 4 aromatic rings. The van der Waals surface area contributed by atoms with Crippen molar-refractivity contribution in [1.82, 2.24) is 14.1 Å². The van der Waals surface area contributed by atoms with Crippen LogP contribution in [0.4, 0.5) is 0 Å². The third-order valence-electron chi connectivity index (χ3n) is 6.26. The van der Waals surface area contributed by atoms with Gasteiger partial charge in [0.15, 0.2) is 5.65 Å². The van der Waals surface area contributed by atoms with Crippen molar-refractivity contribution in [3.8, 4) is 11.4 Å². The molecule has 0 unspecified atom stereocenters. The van der Waals surface area contributed by atoms with Crippen molar-refractivity contribution < 1.29 is 4.74 Å². The molecular formula is C24H22ClN3O3. The van der Waals surface area contributed by atoms with Gasteiger partial charge in [-0.2, -0.15) is 0 Å². The fourth-order valence-electron chi connectivity index (χ4n) is 4.68. The molecular weight excluding hydrogens is 414 g/mol. The molecule has 0 spiro atoms. The number of nitrogens with zero attached hydrogens (tertiary/aromatic N) is 3. The average Bonchev–Trinajstić information content (AvgIpc) is 3.31. The lowest BCUT2D eigenvalue weighted by Crippen LogP contribution is -2.30. The lowest BCUT2D eigenvalue weighted by atomic mass is 10.1. The van der Waals surface area contributed by atoms with Gasteiger partial charge in [0.2, 0.25) is 5.43 Å². The van der Waals surface area contributed by atoms with Crippen molar-refractivity contribution in [2.24, 2.45) is 7.05 Å². The van der Waals surface area contributed by atoms with Gasteiger partial charge < -0.3 is 9.30 Å². The van der Waals surface area contributed by atoms with Crippen LogP contribution in [0.1, 0.15) is 37.4 Å². The number of aryl methyl sites for hydroxylation is 1. The minimum atomic E-state index is -0.362. The molecule has 0 amide bonds. The maximum Gasteiger partial charge on any atom is 0.271 e. The Morgan fingerprint density at radius 3 is 2.55 bits per heavy atom. The summed E-state index contributed by atoms with van der Waals surface area (Å²) in [6.45, 7) is 0. The van der Waals surface area contributed by atoms with Gasteiger partial charge in [0, 0.05) is 18.4 Å². The fourth-order valence-corrected chi connectivity index (χ4v) is 4.93. The fraction of sp³-hybridized carbons (Fsp3) is 0.292. The lowest BCUT2D eigenvalue weighted by Gasteiger charge is -2.20. The third-order valence-corrected chi connectivity index (χ3v) is 6.55. The van der Waals surface area contributed by atoms with E-state index in [-0.39, 0.29) is 22.3 Å². The normalized spacial score (nSPS) is 14.5. The van der Waals surface area contributed by atoms with Crippen LogP contribution in [-0.4, -0.2) is 21.2 Å². The number of aromatic nitrogens is 3. The summed E-state index contributed by atoms with van der Waals surface area (Å²) in [6.07, 6.45) is 4.11. The molecule has 1 aliphatic carbocycles. The predicted molar refractivity (Wildman–Crippen MR) is 123 cm³/mol. The second-order valence-corrected chi connectivity index (χ2v) is 8.42. The van der Waals surface area contributed by atoms with Gasteiger partial charge in [0.1, 0.15) is 17.0 Å². The Balaban J connectivity index is 1.92. The largest absolute Gasteiger partial charge is 0.495 e. The number of benzene rings is 2. The van der Waals surface area contributed by atoms with Gasteiger partial charge >= 0.3 is 0 Å². The zero-order chi connectivity index (χ0) is 21.7. The first-order valence-electron chi connectivity index (χ1n) is 10.4. The van der Waals surface area contributed by atoms with Crippen LogP contribution in [0.2, 0.25) is 5.02 Å². The number of hydrogen-bond acceptors (Lipinski definition) is 4. The molecule has 0 bridgehead atoms. The van der Waals surface area contributed by atoms with Crippen molar-refractivity contribution in [3.63, 3.8) is 0 Å². The highest BCUT2D eigenvalue weighted by atomic mass is 35.5. The van der Waals surface area contributed by atoms with Crippen LogP contribution in [0.5, 0.6) is 5.75 Å². The van der Waals surface area contributed by atoms with Gasteiger partial charge in [0.05, 0.1) is 23.3 Å². The second kappa shape index (κ2) is 7.54. The maximum atomic E-state index is 13.8. The highest BCUT2D eigenvalue weighted by Gasteiger charge is 2.26. The molecule has 1 aliphatic rings. The Morgan fingerprint density at radius 1 is 1.10 bits per heavy atom. The SMILES string of the molecule is COc1ccc(-n2c(C3CCCC3)nc3c(c(=O)c4ccccc4n3C)c2=O)cc1Cl. The van der Waals surface area contributed by atoms with E-state index in [0.29, 0.717) is 33.3 Å². The molecule has 2 aromatic heterocycles. The summed E-state index contributed by atoms with van der Waals surface area (Å²) in [5.41, 5.74) is 1.11. The smallest absolute Gasteiger partial charge is 0.271 e. The van der Waals surface area contributed by atoms with Crippen LogP contribution in [0, 0.1) is 0 Å². The first-order valence-corrected chi connectivity index (χ1v) is 10.8. The first kappa shape index (κ1) is 19.8. The van der Waals surface area contributed by atoms with Crippen molar-refractivity contribution in [3.05, 3.63) is 73.9 Å². The zero-order valence-corrected chi connectivity index (χ0v) is 18.1. The van der Waals surface area contributed by atoms with Crippen LogP contribution >= 0.6 is 11.6 Å². The van der Waals surface area contributed by atoms with Crippen molar-refractivity contribution in [2.75, 3.05) is 7.11 Å². The number of ether oxygens (including phenoxy) is 1. The molecule has 6 nitrogen and oxygen atoms in total. The molecule has 1 saturated carbocycles. The standard InChI is InChI=1S/C24H22ClN3O3/c1-27-18-10-6-5-9-16(18)21(29)20-23(27)26-22(14-7-3-4-8-14)28(24(20)30)15-11-12-19(31-2)17(25)13-15/h5-6,9-14H,3-4,7-8H2,1-2H3. The van der Waals surface area contributed by atoms with E-state index >= 15 is 0 Å². The summed E-state index contributed by atoms with van der Waals surface area (Å²) in [7, 11) is 3.40. The Hall–Kier alpha value is -3.12. The molecule has 0 radical (unpaired) electrons. The number of para-hydroxylation sites is 1. The molecule has 1 fully saturated rings. The second-order valence-electron chi connectivity index (χ2n) is 8.01. The first-order chi connectivity index (χ1) is 15.0. The van der Waals surface area contributed by atoms with E-state index in [0.717, 1.165) is 31.2 Å². The highest BCUT2D eigenvalue weighted by molar-refractivity contribution is 6.32. The molecule has 7 heteroatoms. The molecule has 0 aliphatic heterocycles. The van der Waals surface area contributed by atoms with Crippen molar-refractivity contribution in [2.45, 2.75) is 31.6 Å². The molecule has 2 aromatic carbocycles. The van der Waals surface area contributed by atoms with Crippen LogP contribution in [0.15, 0.2) is 52.1 Å². The van der Waals surface area contributed by atoms with Crippen molar-refractivity contribution in [1.29, 1.82) is 0 Å². The quantitative estimate of drug-likeness (QED) is 0.442. The Kier molecular flexibility index (Phi) is 4.82. The van der Waals surface area contributed by atoms with Crippen LogP contribution in [0.25, 0.3) is 27.6 Å². The number of fused-ring (bicyclic) bond motifs is 2. The minimum Gasteiger partial charge on any atom is -0.495 e. The summed E-state index contributed by atoms with van der Waals surface area (Å²) in [5, 5.41) is 0.995. The molecule has 5 rings (SSSR count). The van der Waals surface area contributed by atoms with Gasteiger partial charge in [-0.25, -0.2) is 4.98 Å². The average molecular weight is 436 g/mol. The molecule has 2 heterocycles. The lowest BCUT2D eigenvalue weighted by molar-refractivity contribution is 0.415. The highest BCUT2D eigenvalue weighted by Crippen LogP contribution is 2.35. The van der Waals surface area contributed by atoms with E-state index in [1.165, 1.54) is 0 Å². The van der Waals surface area contributed by atoms with E-state index in [1.54, 1.807) is 42.0 Å². The Labute approximate surface area is 183 Å². The summed E-state index contributed by atoms with van der Waals surface area (Å²) in [4.78, 5) is 32.1. The monoisotopic (exact) mass is 435 g/mol. The third kappa shape index (κ3) is 3.05. The molecule has 31 heavy (non-hydrogen) atoms. The maximum absolute atomic E-state index is 13.8. The van der Waals surface area contributed by atoms with E-state index in [2.05, 4.69) is 0 Å². The van der Waals surface area contributed by atoms with Gasteiger partial charge in [-0.3, -0.25) is 14.2 Å². The van der Waals surface area contributed by atoms with E-state index < -0.39 is 0 Å². The van der Waals surface area contributed by atoms with E-state index in [1.807, 2.05) is 23.7 Å². The minimum absolute atomic E-state index is 0.0925. The van der Waals surface area contributed by atoms with Crippen LogP contribution in [-0.2, 0) is 7.05 Å². The molecule has 0 N–H and O–H groups in total. The Bertz CT molecular complexity index is 1450. The van der Waals surface area contributed by atoms with E-state index in [4.69, 9.17) is 21.3 Å². The van der Waals surface area contributed by atoms with Gasteiger partial charge in [-0.05, 0) is 43.2 Å². The van der Waals surface area contributed by atoms with Gasteiger partial charge in [-0.15, -0.1) is 0 Å². The number of rotatable bonds is 3. The molecule has 0 atom stereocenters. The van der Waals surface area contributed by atoms with Gasteiger partial charge in [-0.1, -0.05) is 36.6 Å². The molecule has 158 valence electrons. The topological polar surface area (TPSA) is 66.1 Å².